The Bertz CT molecular complexity index is 1360. The van der Waals surface area contributed by atoms with Crippen molar-refractivity contribution in [1.82, 2.24) is 4.90 Å². The summed E-state index contributed by atoms with van der Waals surface area (Å²) in [5.41, 5.74) is -1.21. The Kier molecular flexibility index (Phi) is 8.17. The van der Waals surface area contributed by atoms with Crippen molar-refractivity contribution in [3.8, 4) is 0 Å². The first-order valence-corrected chi connectivity index (χ1v) is 16.8. The van der Waals surface area contributed by atoms with Gasteiger partial charge in [-0.15, -0.1) is 0 Å². The van der Waals surface area contributed by atoms with E-state index in [1.54, 1.807) is 34.5 Å². The highest BCUT2D eigenvalue weighted by Crippen LogP contribution is 2.80. The van der Waals surface area contributed by atoms with E-state index in [0.717, 1.165) is 18.5 Å². The smallest absolute Gasteiger partial charge is 0.331 e. The monoisotopic (exact) mass is 639 g/mol. The first-order chi connectivity index (χ1) is 22.2. The maximum absolute atomic E-state index is 13.6. The van der Waals surface area contributed by atoms with E-state index < -0.39 is 34.6 Å². The van der Waals surface area contributed by atoms with Gasteiger partial charge in [0.1, 0.15) is 11.7 Å². The second-order valence-electron chi connectivity index (χ2n) is 14.6. The number of aliphatic hydroxyl groups is 1. The van der Waals surface area contributed by atoms with Crippen molar-refractivity contribution in [3.63, 3.8) is 0 Å². The molecule has 1 heterocycles. The molecule has 10 heteroatoms. The van der Waals surface area contributed by atoms with Crippen LogP contribution in [-0.2, 0) is 38.0 Å². The maximum Gasteiger partial charge on any atom is 0.331 e. The summed E-state index contributed by atoms with van der Waals surface area (Å²) in [5, 5.41) is 12.0. The first-order valence-electron chi connectivity index (χ1n) is 16.8. The third-order valence-corrected chi connectivity index (χ3v) is 13.2. The molecule has 252 valence electrons. The standard InChI is InChI=1S/C36H49NO9/c1-7-37-18-34(19-41-3)25(39)16-26(43-5)36-23-15-22-24(42-4)17-35(46-20(2)38,29(33(36)37)31(44-6)32(34)36)28(23)30(22)45-27(40)14-13-21-11-9-8-10-12-21/h8-14,22-26,28-33,39H,7,15-19H2,1-6H3. The normalized spacial score (nSPS) is 46.8. The van der Waals surface area contributed by atoms with E-state index in [2.05, 4.69) is 11.8 Å². The summed E-state index contributed by atoms with van der Waals surface area (Å²) < 4.78 is 38.3. The lowest BCUT2D eigenvalue weighted by Crippen LogP contribution is -2.79. The Labute approximate surface area is 271 Å². The zero-order chi connectivity index (χ0) is 32.6. The largest absolute Gasteiger partial charge is 0.458 e. The zero-order valence-corrected chi connectivity index (χ0v) is 27.8. The van der Waals surface area contributed by atoms with Crippen molar-refractivity contribution in [1.29, 1.82) is 0 Å². The number of fused-ring (bicyclic) bond motifs is 2. The van der Waals surface area contributed by atoms with Gasteiger partial charge < -0.3 is 33.5 Å². The number of carbonyl (C=O) groups excluding carboxylic acids is 2. The van der Waals surface area contributed by atoms with Gasteiger partial charge in [-0.1, -0.05) is 37.3 Å². The van der Waals surface area contributed by atoms with Crippen LogP contribution in [0.25, 0.3) is 6.08 Å². The number of likely N-dealkylation sites (tertiary alicyclic amines) is 1. The Balaban J connectivity index is 1.42. The molecule has 1 spiro atoms. The van der Waals surface area contributed by atoms with Crippen LogP contribution in [0.1, 0.15) is 38.7 Å². The molecule has 10 nitrogen and oxygen atoms in total. The van der Waals surface area contributed by atoms with Gasteiger partial charge >= 0.3 is 11.9 Å². The lowest BCUT2D eigenvalue weighted by molar-refractivity contribution is -0.297. The number of methoxy groups -OCH3 is 4. The van der Waals surface area contributed by atoms with Crippen LogP contribution < -0.4 is 0 Å². The van der Waals surface area contributed by atoms with E-state index >= 15 is 0 Å². The molecule has 1 N–H and O–H groups in total. The van der Waals surface area contributed by atoms with Crippen molar-refractivity contribution in [3.05, 3.63) is 42.0 Å². The molecule has 46 heavy (non-hydrogen) atoms. The molecule has 1 aromatic rings. The minimum Gasteiger partial charge on any atom is -0.458 e. The second kappa shape index (κ2) is 11.7. The highest BCUT2D eigenvalue weighted by atomic mass is 16.6. The van der Waals surface area contributed by atoms with Crippen LogP contribution in [-0.4, -0.2) is 112 Å². The number of ether oxygens (including phenoxy) is 6. The number of hydrogen-bond acceptors (Lipinski definition) is 10. The van der Waals surface area contributed by atoms with Gasteiger partial charge in [-0.3, -0.25) is 9.69 Å². The molecule has 14 atom stereocenters. The average Bonchev–Trinajstić information content (AvgIpc) is 3.47. The number of nitrogens with zero attached hydrogens (tertiary/aromatic N) is 1. The second-order valence-corrected chi connectivity index (χ2v) is 14.6. The Morgan fingerprint density at radius 2 is 1.78 bits per heavy atom. The van der Waals surface area contributed by atoms with E-state index in [1.807, 2.05) is 30.3 Å². The predicted molar refractivity (Wildman–Crippen MR) is 167 cm³/mol. The van der Waals surface area contributed by atoms with Gasteiger partial charge in [0.2, 0.25) is 0 Å². The SMILES string of the molecule is CCN1CC2(COC)C(O)CC(OC)C34C5CC6C(OC)CC(OC(C)=O)(C5C6OC(=O)C=Cc5ccccc5)C(C(OC)C23)C14. The van der Waals surface area contributed by atoms with Crippen LogP contribution in [0.3, 0.4) is 0 Å². The summed E-state index contributed by atoms with van der Waals surface area (Å²) in [5.74, 6) is -1.65. The number of aliphatic hydroxyl groups excluding tert-OH is 1. The zero-order valence-electron chi connectivity index (χ0n) is 27.8. The van der Waals surface area contributed by atoms with Crippen molar-refractivity contribution in [2.75, 3.05) is 48.1 Å². The number of esters is 2. The van der Waals surface area contributed by atoms with Crippen molar-refractivity contribution < 1.29 is 43.1 Å². The van der Waals surface area contributed by atoms with Crippen LogP contribution in [0.2, 0.25) is 0 Å². The minimum atomic E-state index is -1.02. The maximum atomic E-state index is 13.6. The summed E-state index contributed by atoms with van der Waals surface area (Å²) in [6.07, 6.45) is 2.77. The van der Waals surface area contributed by atoms with Crippen molar-refractivity contribution in [2.45, 2.75) is 75.3 Å². The van der Waals surface area contributed by atoms with Gasteiger partial charge in [-0.2, -0.15) is 0 Å². The third-order valence-electron chi connectivity index (χ3n) is 13.2. The Morgan fingerprint density at radius 1 is 1.02 bits per heavy atom. The lowest BCUT2D eigenvalue weighted by atomic mass is 9.42. The molecule has 6 aliphatic rings. The summed E-state index contributed by atoms with van der Waals surface area (Å²) in [7, 11) is 6.88. The van der Waals surface area contributed by atoms with Gasteiger partial charge in [0.25, 0.3) is 0 Å². The van der Waals surface area contributed by atoms with Crippen molar-refractivity contribution >= 4 is 18.0 Å². The van der Waals surface area contributed by atoms with Gasteiger partial charge in [0, 0.05) is 101 Å². The van der Waals surface area contributed by atoms with Crippen LogP contribution >= 0.6 is 0 Å². The van der Waals surface area contributed by atoms with Gasteiger partial charge in [-0.05, 0) is 30.5 Å². The Hall–Kier alpha value is -2.34. The molecule has 14 unspecified atom stereocenters. The van der Waals surface area contributed by atoms with E-state index in [9.17, 15) is 14.7 Å². The van der Waals surface area contributed by atoms with Gasteiger partial charge in [0.15, 0.2) is 0 Å². The molecule has 0 aromatic heterocycles. The molecule has 5 saturated carbocycles. The van der Waals surface area contributed by atoms with Gasteiger partial charge in [-0.25, -0.2) is 4.79 Å². The van der Waals surface area contributed by atoms with Crippen LogP contribution in [0.15, 0.2) is 36.4 Å². The summed E-state index contributed by atoms with van der Waals surface area (Å²) >= 11 is 0. The molecule has 1 aliphatic heterocycles. The van der Waals surface area contributed by atoms with E-state index in [0.29, 0.717) is 26.0 Å². The number of piperidine rings is 1. The Morgan fingerprint density at radius 3 is 2.41 bits per heavy atom. The number of benzene rings is 1. The van der Waals surface area contributed by atoms with E-state index in [-0.39, 0.29) is 59.9 Å². The molecule has 7 bridgehead atoms. The first kappa shape index (κ1) is 32.2. The van der Waals surface area contributed by atoms with Crippen LogP contribution in [0.5, 0.6) is 0 Å². The molecular formula is C36H49NO9. The van der Waals surface area contributed by atoms with E-state index in [1.165, 1.54) is 13.0 Å². The number of carbonyl (C=O) groups is 2. The quantitative estimate of drug-likeness (QED) is 0.303. The summed E-state index contributed by atoms with van der Waals surface area (Å²) in [6.45, 7) is 5.38. The molecule has 6 fully saturated rings. The topological polar surface area (TPSA) is 113 Å². The number of rotatable bonds is 10. The molecule has 0 amide bonds. The van der Waals surface area contributed by atoms with Gasteiger partial charge in [0.05, 0.1) is 31.0 Å². The lowest BCUT2D eigenvalue weighted by Gasteiger charge is -2.70. The predicted octanol–water partition coefficient (Wildman–Crippen LogP) is 2.96. The van der Waals surface area contributed by atoms with Crippen LogP contribution in [0, 0.1) is 40.4 Å². The third kappa shape index (κ3) is 4.10. The van der Waals surface area contributed by atoms with Crippen molar-refractivity contribution in [2.24, 2.45) is 40.4 Å². The fraction of sp³-hybridized carbons (Fsp3) is 0.722. The summed E-state index contributed by atoms with van der Waals surface area (Å²) in [6, 6.07) is 9.61. The molecule has 5 aliphatic carbocycles. The number of hydrogen-bond donors (Lipinski definition) is 1. The molecule has 0 radical (unpaired) electrons. The van der Waals surface area contributed by atoms with E-state index in [4.69, 9.17) is 28.4 Å². The fourth-order valence-corrected chi connectivity index (χ4v) is 12.4. The molecule has 1 aromatic carbocycles. The minimum absolute atomic E-state index is 0.0424. The highest BCUT2D eigenvalue weighted by molar-refractivity contribution is 5.87. The molecule has 1 saturated heterocycles. The highest BCUT2D eigenvalue weighted by Gasteiger charge is 2.88. The summed E-state index contributed by atoms with van der Waals surface area (Å²) in [4.78, 5) is 29.3. The average molecular weight is 640 g/mol. The molecular weight excluding hydrogens is 590 g/mol. The molecule has 7 rings (SSSR count). The van der Waals surface area contributed by atoms with Crippen LogP contribution in [0.4, 0.5) is 0 Å². The fourth-order valence-electron chi connectivity index (χ4n) is 12.4.